The van der Waals surface area contributed by atoms with Gasteiger partial charge in [0.2, 0.25) is 0 Å². The second-order valence-electron chi connectivity index (χ2n) is 6.00. The van der Waals surface area contributed by atoms with Gasteiger partial charge in [-0.25, -0.2) is 0 Å². The lowest BCUT2D eigenvalue weighted by Gasteiger charge is -2.33. The fraction of sp³-hybridized carbons (Fsp3) is 0.625. The summed E-state index contributed by atoms with van der Waals surface area (Å²) in [4.78, 5) is 4.88. The molecule has 2 rings (SSSR count). The molecule has 0 aliphatic carbocycles. The van der Waals surface area contributed by atoms with Crippen LogP contribution in [0, 0.1) is 13.8 Å². The van der Waals surface area contributed by atoms with Crippen LogP contribution in [0.25, 0.3) is 0 Å². The maximum Gasteiger partial charge on any atom is 0.0208 e. The second-order valence-corrected chi connectivity index (χ2v) is 6.00. The second kappa shape index (κ2) is 6.51. The molecule has 0 saturated carbocycles. The lowest BCUT2D eigenvalue weighted by atomic mass is 9.99. The summed E-state index contributed by atoms with van der Waals surface area (Å²) in [5.74, 6) is 0. The Bertz CT molecular complexity index is 408. The van der Waals surface area contributed by atoms with E-state index in [0.29, 0.717) is 0 Å². The average molecular weight is 261 g/mol. The highest BCUT2D eigenvalue weighted by atomic mass is 15.2. The molecule has 1 atom stereocenters. The van der Waals surface area contributed by atoms with E-state index >= 15 is 0 Å². The Balaban J connectivity index is 1.85. The number of nitrogens with two attached hydrogens (primary N) is 1. The molecule has 106 valence electrons. The zero-order chi connectivity index (χ0) is 13.8. The largest absolute Gasteiger partial charge is 0.326 e. The van der Waals surface area contributed by atoms with Crippen LogP contribution in [0.2, 0.25) is 0 Å². The van der Waals surface area contributed by atoms with Gasteiger partial charge in [-0.2, -0.15) is 0 Å². The van der Waals surface area contributed by atoms with E-state index in [1.54, 1.807) is 0 Å². The first-order valence-corrected chi connectivity index (χ1v) is 7.27. The molecule has 0 radical (unpaired) electrons. The summed E-state index contributed by atoms with van der Waals surface area (Å²) in [6, 6.07) is 6.90. The van der Waals surface area contributed by atoms with E-state index < -0.39 is 0 Å². The van der Waals surface area contributed by atoms with E-state index in [2.05, 4.69) is 48.9 Å². The highest BCUT2D eigenvalue weighted by Gasteiger charge is 2.16. The molecule has 3 heteroatoms. The van der Waals surface area contributed by atoms with Crippen molar-refractivity contribution in [3.05, 3.63) is 34.9 Å². The van der Waals surface area contributed by atoms with Gasteiger partial charge in [0.1, 0.15) is 0 Å². The first kappa shape index (κ1) is 14.5. The van der Waals surface area contributed by atoms with Crippen molar-refractivity contribution in [2.45, 2.75) is 26.3 Å². The number of aryl methyl sites for hydroxylation is 2. The van der Waals surface area contributed by atoms with Gasteiger partial charge in [0.05, 0.1) is 0 Å². The minimum atomic E-state index is 0.241. The van der Waals surface area contributed by atoms with Gasteiger partial charge in [-0.05, 0) is 38.4 Å². The van der Waals surface area contributed by atoms with E-state index in [4.69, 9.17) is 5.73 Å². The van der Waals surface area contributed by atoms with Crippen LogP contribution in [0.1, 0.15) is 16.7 Å². The summed E-state index contributed by atoms with van der Waals surface area (Å²) in [7, 11) is 2.19. The number of nitrogens with zero attached hydrogens (tertiary/aromatic N) is 2. The van der Waals surface area contributed by atoms with Crippen LogP contribution in [0.3, 0.4) is 0 Å². The summed E-state index contributed by atoms with van der Waals surface area (Å²) in [6.07, 6.45) is 0.985. The standard InChI is InChI=1S/C16H27N3/c1-13-4-5-15(14(2)10-13)11-16(17)12-19-8-6-18(3)7-9-19/h4-5,10,16H,6-9,11-12,17H2,1-3H3. The van der Waals surface area contributed by atoms with Crippen molar-refractivity contribution in [3.8, 4) is 0 Å². The van der Waals surface area contributed by atoms with Crippen LogP contribution < -0.4 is 5.73 Å². The quantitative estimate of drug-likeness (QED) is 0.890. The zero-order valence-corrected chi connectivity index (χ0v) is 12.5. The first-order valence-electron chi connectivity index (χ1n) is 7.27. The molecule has 0 spiro atoms. The van der Waals surface area contributed by atoms with Gasteiger partial charge >= 0.3 is 0 Å². The van der Waals surface area contributed by atoms with Crippen molar-refractivity contribution in [1.29, 1.82) is 0 Å². The molecule has 1 aromatic rings. The van der Waals surface area contributed by atoms with Crippen molar-refractivity contribution in [2.24, 2.45) is 5.73 Å². The molecule has 0 amide bonds. The van der Waals surface area contributed by atoms with Gasteiger partial charge in [0, 0.05) is 38.8 Å². The molecule has 2 N–H and O–H groups in total. The smallest absolute Gasteiger partial charge is 0.0208 e. The van der Waals surface area contributed by atoms with Crippen molar-refractivity contribution < 1.29 is 0 Å². The van der Waals surface area contributed by atoms with Crippen molar-refractivity contribution in [3.63, 3.8) is 0 Å². The Morgan fingerprint density at radius 2 is 1.84 bits per heavy atom. The van der Waals surface area contributed by atoms with Gasteiger partial charge in [-0.15, -0.1) is 0 Å². The van der Waals surface area contributed by atoms with Crippen molar-refractivity contribution in [1.82, 2.24) is 9.80 Å². The molecule has 1 saturated heterocycles. The molecule has 1 aromatic carbocycles. The Hall–Kier alpha value is -0.900. The van der Waals surface area contributed by atoms with Crippen LogP contribution in [-0.4, -0.2) is 55.6 Å². The van der Waals surface area contributed by atoms with Gasteiger partial charge in [0.25, 0.3) is 0 Å². The van der Waals surface area contributed by atoms with Crippen LogP contribution in [0.5, 0.6) is 0 Å². The maximum absolute atomic E-state index is 6.32. The molecular weight excluding hydrogens is 234 g/mol. The topological polar surface area (TPSA) is 32.5 Å². The minimum Gasteiger partial charge on any atom is -0.326 e. The molecule has 1 aliphatic rings. The Morgan fingerprint density at radius 3 is 2.47 bits per heavy atom. The summed E-state index contributed by atoms with van der Waals surface area (Å²) in [6.45, 7) is 9.97. The predicted molar refractivity (Wildman–Crippen MR) is 81.5 cm³/mol. The monoisotopic (exact) mass is 261 g/mol. The fourth-order valence-corrected chi connectivity index (χ4v) is 2.78. The zero-order valence-electron chi connectivity index (χ0n) is 12.5. The molecule has 1 aliphatic heterocycles. The van der Waals surface area contributed by atoms with E-state index in [9.17, 15) is 0 Å². The number of hydrogen-bond acceptors (Lipinski definition) is 3. The molecular formula is C16H27N3. The van der Waals surface area contributed by atoms with Crippen LogP contribution in [-0.2, 0) is 6.42 Å². The fourth-order valence-electron chi connectivity index (χ4n) is 2.78. The highest BCUT2D eigenvalue weighted by molar-refractivity contribution is 5.31. The normalized spacial score (nSPS) is 19.6. The van der Waals surface area contributed by atoms with E-state index in [0.717, 1.165) is 39.1 Å². The SMILES string of the molecule is Cc1ccc(CC(N)CN2CCN(C)CC2)c(C)c1. The third-order valence-electron chi connectivity index (χ3n) is 4.07. The third-order valence-corrected chi connectivity index (χ3v) is 4.07. The Labute approximate surface area is 117 Å². The van der Waals surface area contributed by atoms with Crippen LogP contribution in [0.15, 0.2) is 18.2 Å². The van der Waals surface area contributed by atoms with Crippen molar-refractivity contribution in [2.75, 3.05) is 39.8 Å². The van der Waals surface area contributed by atoms with Gasteiger partial charge in [-0.1, -0.05) is 23.8 Å². The van der Waals surface area contributed by atoms with Gasteiger partial charge in [0.15, 0.2) is 0 Å². The van der Waals surface area contributed by atoms with Crippen molar-refractivity contribution >= 4 is 0 Å². The number of benzene rings is 1. The number of hydrogen-bond donors (Lipinski definition) is 1. The van der Waals surface area contributed by atoms with Gasteiger partial charge < -0.3 is 10.6 Å². The Morgan fingerprint density at radius 1 is 1.16 bits per heavy atom. The molecule has 1 unspecified atom stereocenters. The molecule has 0 bridgehead atoms. The Kier molecular flexibility index (Phi) is 4.97. The molecule has 1 fully saturated rings. The van der Waals surface area contributed by atoms with Crippen LogP contribution in [0.4, 0.5) is 0 Å². The molecule has 1 heterocycles. The molecule has 0 aromatic heterocycles. The summed E-state index contributed by atoms with van der Waals surface area (Å²) in [5.41, 5.74) is 10.4. The first-order chi connectivity index (χ1) is 9.04. The van der Waals surface area contributed by atoms with E-state index in [1.165, 1.54) is 16.7 Å². The number of piperazine rings is 1. The summed E-state index contributed by atoms with van der Waals surface area (Å²) in [5, 5.41) is 0. The molecule has 19 heavy (non-hydrogen) atoms. The predicted octanol–water partition coefficient (Wildman–Crippen LogP) is 1.42. The summed E-state index contributed by atoms with van der Waals surface area (Å²) < 4.78 is 0. The number of rotatable bonds is 4. The third kappa shape index (κ3) is 4.30. The van der Waals surface area contributed by atoms with E-state index in [1.807, 2.05) is 0 Å². The lowest BCUT2D eigenvalue weighted by molar-refractivity contribution is 0.147. The van der Waals surface area contributed by atoms with Gasteiger partial charge in [-0.3, -0.25) is 4.90 Å². The lowest BCUT2D eigenvalue weighted by Crippen LogP contribution is -2.49. The minimum absolute atomic E-state index is 0.241. The summed E-state index contributed by atoms with van der Waals surface area (Å²) >= 11 is 0. The average Bonchev–Trinajstić information content (AvgIpc) is 2.36. The van der Waals surface area contributed by atoms with Crippen LogP contribution >= 0.6 is 0 Å². The molecule has 3 nitrogen and oxygen atoms in total. The number of likely N-dealkylation sites (N-methyl/N-ethyl adjacent to an activating group) is 1. The maximum atomic E-state index is 6.32. The highest BCUT2D eigenvalue weighted by Crippen LogP contribution is 2.13. The van der Waals surface area contributed by atoms with E-state index in [-0.39, 0.29) is 6.04 Å².